The van der Waals surface area contributed by atoms with Gasteiger partial charge in [-0.05, 0) is 48.7 Å². The second kappa shape index (κ2) is 6.65. The van der Waals surface area contributed by atoms with Crippen LogP contribution in [0.25, 0.3) is 0 Å². The minimum absolute atomic E-state index is 0.0209. The number of carbonyl (C=O) groups excluding carboxylic acids is 1. The third-order valence-electron chi connectivity index (χ3n) is 4.32. The van der Waals surface area contributed by atoms with E-state index in [1.54, 1.807) is 6.07 Å². The average molecular weight is 334 g/mol. The fourth-order valence-corrected chi connectivity index (χ4v) is 3.02. The number of fused-ring (bicyclic) bond motifs is 1. The molecule has 0 aromatic heterocycles. The molecule has 0 radical (unpaired) electrons. The van der Waals surface area contributed by atoms with Gasteiger partial charge in [-0.25, -0.2) is 13.2 Å². The van der Waals surface area contributed by atoms with E-state index in [0.29, 0.717) is 13.0 Å². The number of anilines is 1. The summed E-state index contributed by atoms with van der Waals surface area (Å²) >= 11 is 0. The number of nitrogens with one attached hydrogen (secondary N) is 1. The van der Waals surface area contributed by atoms with Crippen molar-refractivity contribution in [1.82, 2.24) is 4.90 Å². The summed E-state index contributed by atoms with van der Waals surface area (Å²) in [6.45, 7) is 2.55. The number of amides is 1. The van der Waals surface area contributed by atoms with Crippen molar-refractivity contribution < 1.29 is 18.0 Å². The molecule has 0 fully saturated rings. The molecule has 1 heterocycles. The molecule has 3 nitrogen and oxygen atoms in total. The van der Waals surface area contributed by atoms with Crippen molar-refractivity contribution in [1.29, 1.82) is 0 Å². The lowest BCUT2D eigenvalue weighted by molar-refractivity contribution is -0.117. The lowest BCUT2D eigenvalue weighted by Gasteiger charge is -2.34. The Morgan fingerprint density at radius 2 is 1.88 bits per heavy atom. The number of rotatable bonds is 3. The van der Waals surface area contributed by atoms with Gasteiger partial charge in [0.05, 0.1) is 12.2 Å². The molecule has 0 aliphatic carbocycles. The summed E-state index contributed by atoms with van der Waals surface area (Å²) in [6.07, 6.45) is 0.710. The van der Waals surface area contributed by atoms with E-state index in [-0.39, 0.29) is 24.1 Å². The van der Waals surface area contributed by atoms with E-state index in [4.69, 9.17) is 0 Å². The molecule has 2 aromatic rings. The quantitative estimate of drug-likeness (QED) is 0.929. The molecule has 1 aliphatic rings. The predicted octanol–water partition coefficient (Wildman–Crippen LogP) is 3.66. The van der Waals surface area contributed by atoms with Crippen LogP contribution in [0.15, 0.2) is 36.4 Å². The molecule has 0 saturated heterocycles. The zero-order valence-electron chi connectivity index (χ0n) is 13.2. The molecule has 1 amide bonds. The largest absolute Gasteiger partial charge is 0.322 e. The van der Waals surface area contributed by atoms with Crippen LogP contribution in [0.3, 0.4) is 0 Å². The highest BCUT2D eigenvalue weighted by molar-refractivity contribution is 5.92. The summed E-state index contributed by atoms with van der Waals surface area (Å²) in [6, 6.07) is 7.44. The van der Waals surface area contributed by atoms with Crippen molar-refractivity contribution in [2.45, 2.75) is 19.4 Å². The van der Waals surface area contributed by atoms with Crippen LogP contribution in [0.5, 0.6) is 0 Å². The van der Waals surface area contributed by atoms with Gasteiger partial charge in [-0.1, -0.05) is 6.07 Å². The molecule has 6 heteroatoms. The number of hydrogen-bond donors (Lipinski definition) is 1. The van der Waals surface area contributed by atoms with Crippen molar-refractivity contribution in [3.8, 4) is 0 Å². The first-order chi connectivity index (χ1) is 11.4. The van der Waals surface area contributed by atoms with Crippen LogP contribution in [0.1, 0.15) is 24.1 Å². The van der Waals surface area contributed by atoms with Gasteiger partial charge < -0.3 is 5.32 Å². The first-order valence-corrected chi connectivity index (χ1v) is 7.71. The summed E-state index contributed by atoms with van der Waals surface area (Å²) in [5.74, 6) is -2.06. The lowest BCUT2D eigenvalue weighted by atomic mass is 9.93. The predicted molar refractivity (Wildman–Crippen MR) is 85.1 cm³/mol. The van der Waals surface area contributed by atoms with Crippen molar-refractivity contribution in [2.75, 3.05) is 18.4 Å². The fourth-order valence-electron chi connectivity index (χ4n) is 3.02. The molecule has 2 aromatic carbocycles. The van der Waals surface area contributed by atoms with Crippen LogP contribution in [0.2, 0.25) is 0 Å². The molecule has 0 saturated carbocycles. The Hall–Kier alpha value is -2.34. The Morgan fingerprint density at radius 3 is 2.67 bits per heavy atom. The zero-order chi connectivity index (χ0) is 17.3. The Balaban J connectivity index is 1.70. The van der Waals surface area contributed by atoms with Gasteiger partial charge in [0.15, 0.2) is 0 Å². The molecule has 24 heavy (non-hydrogen) atoms. The Kier molecular flexibility index (Phi) is 4.57. The first kappa shape index (κ1) is 16.5. The van der Waals surface area contributed by atoms with E-state index < -0.39 is 17.5 Å². The number of carbonyl (C=O) groups is 1. The molecule has 3 rings (SSSR count). The standard InChI is InChI=1S/C18H17F3N2O/c1-11-15-8-13(19)3-2-12(15)6-7-23(11)10-18(24)22-17-9-14(20)4-5-16(17)21/h2-5,8-9,11H,6-7,10H2,1H3,(H,22,24). The van der Waals surface area contributed by atoms with Gasteiger partial charge in [0.2, 0.25) is 5.91 Å². The lowest BCUT2D eigenvalue weighted by Crippen LogP contribution is -2.39. The second-order valence-electron chi connectivity index (χ2n) is 5.91. The van der Waals surface area contributed by atoms with E-state index in [2.05, 4.69) is 5.32 Å². The molecule has 126 valence electrons. The smallest absolute Gasteiger partial charge is 0.238 e. The minimum atomic E-state index is -0.691. The van der Waals surface area contributed by atoms with Crippen molar-refractivity contribution >= 4 is 11.6 Å². The van der Waals surface area contributed by atoms with E-state index in [1.165, 1.54) is 12.1 Å². The van der Waals surface area contributed by atoms with Gasteiger partial charge in [-0.15, -0.1) is 0 Å². The topological polar surface area (TPSA) is 32.3 Å². The molecule has 0 bridgehead atoms. The van der Waals surface area contributed by atoms with Crippen LogP contribution < -0.4 is 5.32 Å². The number of halogens is 3. The summed E-state index contributed by atoms with van der Waals surface area (Å²) in [5.41, 5.74) is 1.74. The van der Waals surface area contributed by atoms with E-state index in [0.717, 1.165) is 29.3 Å². The average Bonchev–Trinajstić information content (AvgIpc) is 2.54. The number of hydrogen-bond acceptors (Lipinski definition) is 2. The van der Waals surface area contributed by atoms with E-state index in [9.17, 15) is 18.0 Å². The van der Waals surface area contributed by atoms with Crippen LogP contribution in [-0.2, 0) is 11.2 Å². The molecule has 1 aliphatic heterocycles. The minimum Gasteiger partial charge on any atom is -0.322 e. The Bertz CT molecular complexity index is 779. The fraction of sp³-hybridized carbons (Fsp3) is 0.278. The van der Waals surface area contributed by atoms with Crippen LogP contribution in [0.4, 0.5) is 18.9 Å². The van der Waals surface area contributed by atoms with Gasteiger partial charge in [0, 0.05) is 18.7 Å². The monoisotopic (exact) mass is 334 g/mol. The maximum absolute atomic E-state index is 13.6. The van der Waals surface area contributed by atoms with E-state index in [1.807, 2.05) is 11.8 Å². The normalized spacial score (nSPS) is 17.4. The SMILES string of the molecule is CC1c2cc(F)ccc2CCN1CC(=O)Nc1cc(F)ccc1F. The molecular formula is C18H17F3N2O. The Morgan fingerprint density at radius 1 is 1.17 bits per heavy atom. The second-order valence-corrected chi connectivity index (χ2v) is 5.91. The van der Waals surface area contributed by atoms with Gasteiger partial charge in [-0.3, -0.25) is 9.69 Å². The first-order valence-electron chi connectivity index (χ1n) is 7.71. The number of nitrogens with zero attached hydrogens (tertiary/aromatic N) is 1. The molecular weight excluding hydrogens is 317 g/mol. The Labute approximate surface area is 138 Å². The molecule has 1 atom stereocenters. The third-order valence-corrected chi connectivity index (χ3v) is 4.32. The summed E-state index contributed by atoms with van der Waals surface area (Å²) in [5, 5.41) is 2.38. The highest BCUT2D eigenvalue weighted by Crippen LogP contribution is 2.29. The molecule has 0 spiro atoms. The summed E-state index contributed by atoms with van der Waals surface area (Å²) in [7, 11) is 0. The van der Waals surface area contributed by atoms with Crippen molar-refractivity contribution in [3.63, 3.8) is 0 Å². The van der Waals surface area contributed by atoms with Gasteiger partial charge >= 0.3 is 0 Å². The maximum Gasteiger partial charge on any atom is 0.238 e. The highest BCUT2D eigenvalue weighted by Gasteiger charge is 2.26. The number of benzene rings is 2. The van der Waals surface area contributed by atoms with Crippen LogP contribution in [-0.4, -0.2) is 23.9 Å². The van der Waals surface area contributed by atoms with Crippen LogP contribution >= 0.6 is 0 Å². The van der Waals surface area contributed by atoms with Crippen molar-refractivity contribution in [2.24, 2.45) is 0 Å². The van der Waals surface area contributed by atoms with Crippen molar-refractivity contribution in [3.05, 3.63) is 65.0 Å². The molecule has 1 N–H and O–H groups in total. The summed E-state index contributed by atoms with van der Waals surface area (Å²) in [4.78, 5) is 14.0. The molecule has 1 unspecified atom stereocenters. The van der Waals surface area contributed by atoms with Gasteiger partial charge in [0.25, 0.3) is 0 Å². The van der Waals surface area contributed by atoms with E-state index >= 15 is 0 Å². The maximum atomic E-state index is 13.6. The van der Waals surface area contributed by atoms with Gasteiger partial charge in [0.1, 0.15) is 17.5 Å². The zero-order valence-corrected chi connectivity index (χ0v) is 13.2. The highest BCUT2D eigenvalue weighted by atomic mass is 19.1. The third kappa shape index (κ3) is 3.43. The van der Waals surface area contributed by atoms with Crippen LogP contribution in [0, 0.1) is 17.5 Å². The van der Waals surface area contributed by atoms with Gasteiger partial charge in [-0.2, -0.15) is 0 Å². The summed E-state index contributed by atoms with van der Waals surface area (Å²) < 4.78 is 40.2.